The fourth-order valence-corrected chi connectivity index (χ4v) is 1.91. The molecule has 0 unspecified atom stereocenters. The highest BCUT2D eigenvalue weighted by molar-refractivity contribution is 5.96. The fourth-order valence-electron chi connectivity index (χ4n) is 1.91. The molecule has 0 radical (unpaired) electrons. The number of rotatable bonds is 4. The molecule has 0 spiro atoms. The number of hydrogen-bond donors (Lipinski definition) is 3. The largest absolute Gasteiger partial charge is 0.508 e. The topological polar surface area (TPSA) is 69.6 Å². The molecule has 0 atom stereocenters. The van der Waals surface area contributed by atoms with Crippen LogP contribution in [0.15, 0.2) is 42.5 Å². The average molecular weight is 271 g/mol. The Hall–Kier alpha value is -2.33. The first-order valence-corrected chi connectivity index (χ1v) is 6.37. The summed E-state index contributed by atoms with van der Waals surface area (Å²) in [6.07, 6.45) is 0. The van der Waals surface area contributed by atoms with Gasteiger partial charge in [-0.1, -0.05) is 30.3 Å². The van der Waals surface area contributed by atoms with Crippen molar-refractivity contribution in [1.29, 1.82) is 0 Å². The number of aliphatic hydroxyl groups is 1. The van der Waals surface area contributed by atoms with Crippen LogP contribution in [0.2, 0.25) is 0 Å². The number of benzene rings is 2. The minimum Gasteiger partial charge on any atom is -0.508 e. The molecule has 2 aromatic rings. The van der Waals surface area contributed by atoms with Gasteiger partial charge in [0, 0.05) is 17.7 Å². The SMILES string of the molecule is Cc1c(O)cccc1C(=O)NCc1ccc(CO)cc1. The van der Waals surface area contributed by atoms with Gasteiger partial charge in [-0.2, -0.15) is 0 Å². The molecule has 0 aliphatic rings. The van der Waals surface area contributed by atoms with Crippen LogP contribution in [0, 0.1) is 6.92 Å². The van der Waals surface area contributed by atoms with Crippen molar-refractivity contribution in [3.05, 3.63) is 64.7 Å². The van der Waals surface area contributed by atoms with Crippen LogP contribution in [0.3, 0.4) is 0 Å². The van der Waals surface area contributed by atoms with Crippen LogP contribution >= 0.6 is 0 Å². The molecule has 20 heavy (non-hydrogen) atoms. The Bertz CT molecular complexity index is 606. The molecule has 4 nitrogen and oxygen atoms in total. The van der Waals surface area contributed by atoms with Crippen molar-refractivity contribution in [2.45, 2.75) is 20.1 Å². The molecular weight excluding hydrogens is 254 g/mol. The van der Waals surface area contributed by atoms with Crippen LogP contribution < -0.4 is 5.32 Å². The van der Waals surface area contributed by atoms with Gasteiger partial charge in [-0.3, -0.25) is 4.79 Å². The molecule has 2 rings (SSSR count). The number of amides is 1. The van der Waals surface area contributed by atoms with Crippen LogP contribution in [-0.2, 0) is 13.2 Å². The maximum absolute atomic E-state index is 12.1. The predicted molar refractivity (Wildman–Crippen MR) is 76.4 cm³/mol. The minimum absolute atomic E-state index is 0.00905. The van der Waals surface area contributed by atoms with Crippen molar-refractivity contribution in [2.75, 3.05) is 0 Å². The van der Waals surface area contributed by atoms with Gasteiger partial charge in [-0.15, -0.1) is 0 Å². The number of carbonyl (C=O) groups is 1. The summed E-state index contributed by atoms with van der Waals surface area (Å²) in [5, 5.41) is 21.4. The third-order valence-corrected chi connectivity index (χ3v) is 3.21. The molecule has 0 fully saturated rings. The monoisotopic (exact) mass is 271 g/mol. The zero-order valence-corrected chi connectivity index (χ0v) is 11.3. The Morgan fingerprint density at radius 3 is 2.40 bits per heavy atom. The van der Waals surface area contributed by atoms with E-state index < -0.39 is 0 Å². The van der Waals surface area contributed by atoms with Gasteiger partial charge in [0.25, 0.3) is 5.91 Å². The van der Waals surface area contributed by atoms with E-state index in [0.717, 1.165) is 11.1 Å². The van der Waals surface area contributed by atoms with Gasteiger partial charge in [-0.25, -0.2) is 0 Å². The van der Waals surface area contributed by atoms with Gasteiger partial charge in [0.2, 0.25) is 0 Å². The summed E-state index contributed by atoms with van der Waals surface area (Å²) in [6.45, 7) is 2.12. The van der Waals surface area contributed by atoms with Crippen molar-refractivity contribution in [3.8, 4) is 5.75 Å². The molecule has 2 aromatic carbocycles. The molecule has 104 valence electrons. The zero-order valence-electron chi connectivity index (χ0n) is 11.3. The van der Waals surface area contributed by atoms with E-state index >= 15 is 0 Å². The third-order valence-electron chi connectivity index (χ3n) is 3.21. The van der Waals surface area contributed by atoms with Crippen molar-refractivity contribution < 1.29 is 15.0 Å². The first kappa shape index (κ1) is 14.1. The fraction of sp³-hybridized carbons (Fsp3) is 0.188. The molecule has 0 heterocycles. The molecule has 3 N–H and O–H groups in total. The standard InChI is InChI=1S/C16H17NO3/c1-11-14(3-2-4-15(11)19)16(20)17-9-12-5-7-13(10-18)8-6-12/h2-8,18-19H,9-10H2,1H3,(H,17,20). The number of aromatic hydroxyl groups is 1. The van der Waals surface area contributed by atoms with E-state index in [4.69, 9.17) is 5.11 Å². The summed E-state index contributed by atoms with van der Waals surface area (Å²) in [5.41, 5.74) is 2.83. The van der Waals surface area contributed by atoms with Gasteiger partial charge in [0.05, 0.1) is 6.61 Å². The van der Waals surface area contributed by atoms with Gasteiger partial charge in [0.15, 0.2) is 0 Å². The number of hydrogen-bond acceptors (Lipinski definition) is 3. The molecule has 0 aliphatic heterocycles. The third kappa shape index (κ3) is 3.16. The lowest BCUT2D eigenvalue weighted by Gasteiger charge is -2.09. The van der Waals surface area contributed by atoms with Crippen LogP contribution in [0.25, 0.3) is 0 Å². The number of nitrogens with one attached hydrogen (secondary N) is 1. The highest BCUT2D eigenvalue weighted by Gasteiger charge is 2.10. The second-order valence-electron chi connectivity index (χ2n) is 4.61. The number of phenolic OH excluding ortho intramolecular Hbond substituents is 1. The first-order valence-electron chi connectivity index (χ1n) is 6.37. The van der Waals surface area contributed by atoms with Crippen molar-refractivity contribution in [2.24, 2.45) is 0 Å². The van der Waals surface area contributed by atoms with Crippen LogP contribution in [0.4, 0.5) is 0 Å². The molecule has 0 saturated heterocycles. The van der Waals surface area contributed by atoms with Gasteiger partial charge in [0.1, 0.15) is 5.75 Å². The van der Waals surface area contributed by atoms with E-state index in [1.165, 1.54) is 0 Å². The quantitative estimate of drug-likeness (QED) is 0.797. The van der Waals surface area contributed by atoms with Crippen LogP contribution in [-0.4, -0.2) is 16.1 Å². The van der Waals surface area contributed by atoms with Crippen molar-refractivity contribution in [3.63, 3.8) is 0 Å². The molecule has 0 bridgehead atoms. The first-order chi connectivity index (χ1) is 9.61. The Balaban J connectivity index is 2.02. The molecule has 0 saturated carbocycles. The average Bonchev–Trinajstić information content (AvgIpc) is 2.48. The molecule has 0 aliphatic carbocycles. The maximum Gasteiger partial charge on any atom is 0.251 e. The zero-order chi connectivity index (χ0) is 14.5. The summed E-state index contributed by atoms with van der Waals surface area (Å²) < 4.78 is 0. The van der Waals surface area contributed by atoms with E-state index in [2.05, 4.69) is 5.32 Å². The summed E-state index contributed by atoms with van der Waals surface area (Å²) in [7, 11) is 0. The van der Waals surface area contributed by atoms with Crippen molar-refractivity contribution >= 4 is 5.91 Å². The highest BCUT2D eigenvalue weighted by atomic mass is 16.3. The van der Waals surface area contributed by atoms with Crippen LogP contribution in [0.1, 0.15) is 27.0 Å². The molecular formula is C16H17NO3. The van der Waals surface area contributed by atoms with Gasteiger partial charge < -0.3 is 15.5 Å². The highest BCUT2D eigenvalue weighted by Crippen LogP contribution is 2.19. The summed E-state index contributed by atoms with van der Waals surface area (Å²) >= 11 is 0. The Labute approximate surface area is 117 Å². The second kappa shape index (κ2) is 6.21. The van der Waals surface area contributed by atoms with Crippen molar-refractivity contribution in [1.82, 2.24) is 5.32 Å². The maximum atomic E-state index is 12.1. The minimum atomic E-state index is -0.218. The van der Waals surface area contributed by atoms with E-state index in [9.17, 15) is 9.90 Å². The molecule has 4 heteroatoms. The van der Waals surface area contributed by atoms with Gasteiger partial charge >= 0.3 is 0 Å². The number of phenols is 1. The lowest BCUT2D eigenvalue weighted by atomic mass is 10.1. The van der Waals surface area contributed by atoms with E-state index in [0.29, 0.717) is 17.7 Å². The van der Waals surface area contributed by atoms with E-state index in [1.54, 1.807) is 25.1 Å². The molecule has 1 amide bonds. The normalized spacial score (nSPS) is 10.3. The second-order valence-corrected chi connectivity index (χ2v) is 4.61. The predicted octanol–water partition coefficient (Wildman–Crippen LogP) is 2.12. The van der Waals surface area contributed by atoms with Crippen LogP contribution in [0.5, 0.6) is 5.75 Å². The van der Waals surface area contributed by atoms with Gasteiger partial charge in [-0.05, 0) is 30.2 Å². The lowest BCUT2D eigenvalue weighted by molar-refractivity contribution is 0.0950. The Morgan fingerprint density at radius 2 is 1.75 bits per heavy atom. The Kier molecular flexibility index (Phi) is 4.38. The number of carbonyl (C=O) groups excluding carboxylic acids is 1. The Morgan fingerprint density at radius 1 is 1.10 bits per heavy atom. The summed E-state index contributed by atoms with van der Waals surface area (Å²) in [6, 6.07) is 12.2. The molecule has 0 aromatic heterocycles. The van der Waals surface area contributed by atoms with E-state index in [-0.39, 0.29) is 18.3 Å². The lowest BCUT2D eigenvalue weighted by Crippen LogP contribution is -2.23. The number of aliphatic hydroxyl groups excluding tert-OH is 1. The smallest absolute Gasteiger partial charge is 0.251 e. The van der Waals surface area contributed by atoms with E-state index in [1.807, 2.05) is 24.3 Å². The summed E-state index contributed by atoms with van der Waals surface area (Å²) in [4.78, 5) is 12.1. The summed E-state index contributed by atoms with van der Waals surface area (Å²) in [5.74, 6) is -0.102.